The fourth-order valence-corrected chi connectivity index (χ4v) is 2.82. The first kappa shape index (κ1) is 11.3. The molecular formula is C13H15NOS. The maximum atomic E-state index is 11.3. The van der Waals surface area contributed by atoms with Crippen molar-refractivity contribution in [2.24, 2.45) is 0 Å². The Balaban J connectivity index is 0.000000457. The first-order valence-corrected chi connectivity index (χ1v) is 6.57. The Morgan fingerprint density at radius 2 is 2.00 bits per heavy atom. The lowest BCUT2D eigenvalue weighted by atomic mass is 10.1. The number of aromatic amines is 1. The van der Waals surface area contributed by atoms with Gasteiger partial charge in [-0.15, -0.1) is 11.8 Å². The van der Waals surface area contributed by atoms with E-state index in [-0.39, 0.29) is 0 Å². The van der Waals surface area contributed by atoms with Crippen LogP contribution in [0.15, 0.2) is 29.3 Å². The number of ketones is 1. The van der Waals surface area contributed by atoms with Gasteiger partial charge in [0.1, 0.15) is 5.78 Å². The molecule has 0 fully saturated rings. The van der Waals surface area contributed by atoms with Crippen LogP contribution in [0.1, 0.15) is 19.4 Å². The summed E-state index contributed by atoms with van der Waals surface area (Å²) < 4.78 is 0. The van der Waals surface area contributed by atoms with Crippen LogP contribution in [0.5, 0.6) is 0 Å². The van der Waals surface area contributed by atoms with Crippen molar-refractivity contribution in [3.63, 3.8) is 0 Å². The quantitative estimate of drug-likeness (QED) is 0.756. The normalized spacial score (nSPS) is 14.2. The summed E-state index contributed by atoms with van der Waals surface area (Å²) in [6.07, 6.45) is 0.590. The van der Waals surface area contributed by atoms with Gasteiger partial charge in [0, 0.05) is 17.3 Å². The predicted molar refractivity (Wildman–Crippen MR) is 69.1 cm³/mol. The summed E-state index contributed by atoms with van der Waals surface area (Å²) in [5.74, 6) is 0.937. The molecule has 3 heteroatoms. The number of hydrogen-bond donors (Lipinski definition) is 1. The van der Waals surface area contributed by atoms with Gasteiger partial charge in [-0.2, -0.15) is 0 Å². The van der Waals surface area contributed by atoms with Crippen molar-refractivity contribution in [2.75, 3.05) is 5.75 Å². The molecular weight excluding hydrogens is 218 g/mol. The van der Waals surface area contributed by atoms with Gasteiger partial charge in [0.15, 0.2) is 0 Å². The molecule has 0 atom stereocenters. The van der Waals surface area contributed by atoms with Crippen molar-refractivity contribution in [3.8, 4) is 0 Å². The second-order valence-corrected chi connectivity index (χ2v) is 4.47. The second kappa shape index (κ2) is 4.74. The van der Waals surface area contributed by atoms with Crippen molar-refractivity contribution in [2.45, 2.75) is 25.3 Å². The molecule has 1 aliphatic heterocycles. The van der Waals surface area contributed by atoms with Crippen molar-refractivity contribution in [1.29, 1.82) is 0 Å². The molecule has 0 aliphatic carbocycles. The van der Waals surface area contributed by atoms with E-state index in [2.05, 4.69) is 17.1 Å². The fraction of sp³-hybridized carbons (Fsp3) is 0.308. The van der Waals surface area contributed by atoms with E-state index < -0.39 is 0 Å². The monoisotopic (exact) mass is 233 g/mol. The zero-order valence-corrected chi connectivity index (χ0v) is 10.4. The molecule has 0 saturated heterocycles. The number of rotatable bonds is 0. The maximum Gasteiger partial charge on any atom is 0.147 e. The van der Waals surface area contributed by atoms with Crippen LogP contribution in [0.3, 0.4) is 0 Å². The molecule has 1 aromatic heterocycles. The van der Waals surface area contributed by atoms with Crippen LogP contribution >= 0.6 is 11.8 Å². The van der Waals surface area contributed by atoms with Gasteiger partial charge in [0.25, 0.3) is 0 Å². The summed E-state index contributed by atoms with van der Waals surface area (Å²) in [7, 11) is 0. The number of hydrogen-bond acceptors (Lipinski definition) is 2. The Morgan fingerprint density at radius 3 is 2.81 bits per heavy atom. The Bertz CT molecular complexity index is 516. The lowest BCUT2D eigenvalue weighted by Crippen LogP contribution is -2.10. The molecule has 0 saturated carbocycles. The number of aromatic nitrogens is 1. The smallest absolute Gasteiger partial charge is 0.147 e. The largest absolute Gasteiger partial charge is 0.349 e. The molecule has 84 valence electrons. The third-order valence-electron chi connectivity index (χ3n) is 2.53. The summed E-state index contributed by atoms with van der Waals surface area (Å²) >= 11 is 1.62. The second-order valence-electron chi connectivity index (χ2n) is 3.48. The van der Waals surface area contributed by atoms with E-state index in [0.717, 1.165) is 5.52 Å². The minimum Gasteiger partial charge on any atom is -0.349 e. The van der Waals surface area contributed by atoms with Crippen molar-refractivity contribution < 1.29 is 4.79 Å². The van der Waals surface area contributed by atoms with Crippen LogP contribution in [0, 0.1) is 0 Å². The lowest BCUT2D eigenvalue weighted by molar-refractivity contribution is -0.116. The average Bonchev–Trinajstić information content (AvgIpc) is 2.70. The minimum atomic E-state index is 0.326. The first-order valence-electron chi connectivity index (χ1n) is 5.58. The highest BCUT2D eigenvalue weighted by Gasteiger charge is 2.20. The average molecular weight is 233 g/mol. The molecule has 0 radical (unpaired) electrons. The Hall–Kier alpha value is -1.22. The van der Waals surface area contributed by atoms with Gasteiger partial charge in [0.2, 0.25) is 0 Å². The van der Waals surface area contributed by atoms with E-state index in [0.29, 0.717) is 18.0 Å². The van der Waals surface area contributed by atoms with E-state index in [9.17, 15) is 4.79 Å². The number of carbonyl (C=O) groups excluding carboxylic acids is 1. The highest BCUT2D eigenvalue weighted by Crippen LogP contribution is 2.33. The topological polar surface area (TPSA) is 32.9 Å². The minimum absolute atomic E-state index is 0.326. The Morgan fingerprint density at radius 1 is 1.25 bits per heavy atom. The van der Waals surface area contributed by atoms with E-state index in [4.69, 9.17) is 0 Å². The van der Waals surface area contributed by atoms with Gasteiger partial charge in [-0.05, 0) is 11.6 Å². The van der Waals surface area contributed by atoms with Gasteiger partial charge in [-0.25, -0.2) is 0 Å². The number of thioether (sulfide) groups is 1. The van der Waals surface area contributed by atoms with E-state index in [1.165, 1.54) is 16.0 Å². The van der Waals surface area contributed by atoms with Gasteiger partial charge >= 0.3 is 0 Å². The SMILES string of the molecule is CC.O=C1CSc2[nH]c3ccccc3c2C1. The molecule has 0 amide bonds. The number of benzene rings is 1. The van der Waals surface area contributed by atoms with Gasteiger partial charge in [-0.3, -0.25) is 4.79 Å². The molecule has 0 bridgehead atoms. The van der Waals surface area contributed by atoms with Crippen molar-refractivity contribution in [1.82, 2.24) is 4.98 Å². The number of para-hydroxylation sites is 1. The zero-order valence-electron chi connectivity index (χ0n) is 9.54. The fourth-order valence-electron chi connectivity index (χ4n) is 1.87. The summed E-state index contributed by atoms with van der Waals surface area (Å²) in [6, 6.07) is 8.15. The lowest BCUT2D eigenvalue weighted by Gasteiger charge is -2.08. The Labute approximate surface area is 99.4 Å². The summed E-state index contributed by atoms with van der Waals surface area (Å²) in [6.45, 7) is 4.00. The molecule has 0 spiro atoms. The summed E-state index contributed by atoms with van der Waals surface area (Å²) in [5.41, 5.74) is 2.32. The number of nitrogens with one attached hydrogen (secondary N) is 1. The van der Waals surface area contributed by atoms with E-state index in [1.807, 2.05) is 26.0 Å². The standard InChI is InChI=1S/C11H9NOS.C2H6/c13-7-5-9-8-3-1-2-4-10(8)12-11(9)14-6-7;1-2/h1-4,12H,5-6H2;1-2H3. The van der Waals surface area contributed by atoms with Gasteiger partial charge < -0.3 is 4.98 Å². The highest BCUT2D eigenvalue weighted by atomic mass is 32.2. The van der Waals surface area contributed by atoms with Crippen LogP contribution < -0.4 is 0 Å². The molecule has 0 unspecified atom stereocenters. The van der Waals surface area contributed by atoms with E-state index in [1.54, 1.807) is 11.8 Å². The first-order chi connectivity index (χ1) is 7.84. The van der Waals surface area contributed by atoms with Crippen LogP contribution in [0.2, 0.25) is 0 Å². The van der Waals surface area contributed by atoms with Gasteiger partial charge in [0.05, 0.1) is 10.8 Å². The molecule has 1 aliphatic rings. The molecule has 2 aromatic rings. The molecule has 2 nitrogen and oxygen atoms in total. The number of fused-ring (bicyclic) bond motifs is 3. The molecule has 3 rings (SSSR count). The molecule has 2 heterocycles. The maximum absolute atomic E-state index is 11.3. The van der Waals surface area contributed by atoms with Crippen molar-refractivity contribution in [3.05, 3.63) is 29.8 Å². The highest BCUT2D eigenvalue weighted by molar-refractivity contribution is 8.00. The number of Topliss-reactive ketones (excluding diaryl/α,β-unsaturated/α-hetero) is 1. The predicted octanol–water partition coefficient (Wildman–Crippen LogP) is 3.41. The van der Waals surface area contributed by atoms with Gasteiger partial charge in [-0.1, -0.05) is 32.0 Å². The Kier molecular flexibility index (Phi) is 3.34. The number of carbonyl (C=O) groups is 1. The number of H-pyrrole nitrogens is 1. The van der Waals surface area contributed by atoms with Crippen LogP contribution in [0.25, 0.3) is 10.9 Å². The van der Waals surface area contributed by atoms with Crippen molar-refractivity contribution >= 4 is 28.4 Å². The van der Waals surface area contributed by atoms with Crippen LogP contribution in [-0.4, -0.2) is 16.5 Å². The molecule has 16 heavy (non-hydrogen) atoms. The zero-order chi connectivity index (χ0) is 11.5. The molecule has 1 N–H and O–H groups in total. The molecule has 1 aromatic carbocycles. The van der Waals surface area contributed by atoms with Crippen LogP contribution in [-0.2, 0) is 11.2 Å². The third-order valence-corrected chi connectivity index (χ3v) is 3.63. The third kappa shape index (κ3) is 1.87. The summed E-state index contributed by atoms with van der Waals surface area (Å²) in [4.78, 5) is 14.7. The van der Waals surface area contributed by atoms with E-state index >= 15 is 0 Å². The summed E-state index contributed by atoms with van der Waals surface area (Å²) in [5, 5.41) is 2.37. The van der Waals surface area contributed by atoms with Crippen LogP contribution in [0.4, 0.5) is 0 Å².